The van der Waals surface area contributed by atoms with E-state index in [1.165, 1.54) is 0 Å². The van der Waals surface area contributed by atoms with Gasteiger partial charge in [0.25, 0.3) is 0 Å². The molecular weight excluding hydrogens is 224 g/mol. The van der Waals surface area contributed by atoms with Crippen molar-refractivity contribution in [3.8, 4) is 5.75 Å². The predicted molar refractivity (Wildman–Crippen MR) is 77.2 cm³/mol. The van der Waals surface area contributed by atoms with Crippen molar-refractivity contribution in [1.82, 2.24) is 0 Å². The molecule has 2 N–H and O–H groups in total. The van der Waals surface area contributed by atoms with E-state index in [-0.39, 0.29) is 6.10 Å². The molecule has 0 saturated carbocycles. The van der Waals surface area contributed by atoms with Gasteiger partial charge in [-0.1, -0.05) is 19.9 Å². The molecule has 2 atom stereocenters. The molecule has 0 radical (unpaired) electrons. The minimum Gasteiger partial charge on any atom is -0.489 e. The van der Waals surface area contributed by atoms with Crippen molar-refractivity contribution in [3.63, 3.8) is 0 Å². The molecule has 1 aromatic rings. The first kappa shape index (κ1) is 13.1. The number of benzene rings is 1. The first-order valence-electron chi connectivity index (χ1n) is 6.79. The highest BCUT2D eigenvalue weighted by atomic mass is 16.5. The third-order valence-electron chi connectivity index (χ3n) is 3.73. The van der Waals surface area contributed by atoms with Crippen LogP contribution >= 0.6 is 0 Å². The Balaban J connectivity index is 2.24. The quantitative estimate of drug-likeness (QED) is 0.835. The fourth-order valence-electron chi connectivity index (χ4n) is 2.49. The summed E-state index contributed by atoms with van der Waals surface area (Å²) >= 11 is 0. The number of nitrogen functional groups attached to an aromatic ring is 1. The molecule has 1 saturated heterocycles. The Morgan fingerprint density at radius 1 is 1.22 bits per heavy atom. The maximum Gasteiger partial charge on any atom is 0.144 e. The largest absolute Gasteiger partial charge is 0.489 e. The van der Waals surface area contributed by atoms with Crippen LogP contribution in [0.25, 0.3) is 0 Å². The molecule has 3 nitrogen and oxygen atoms in total. The summed E-state index contributed by atoms with van der Waals surface area (Å²) in [6, 6.07) is 6.06. The Kier molecular flexibility index (Phi) is 3.69. The minimum absolute atomic E-state index is 0.152. The van der Waals surface area contributed by atoms with Crippen molar-refractivity contribution in [2.24, 2.45) is 11.8 Å². The summed E-state index contributed by atoms with van der Waals surface area (Å²) in [4.78, 5) is 2.37. The fraction of sp³-hybridized carbons (Fsp3) is 0.600. The van der Waals surface area contributed by atoms with Crippen LogP contribution < -0.4 is 15.4 Å². The molecular formula is C15H24N2O. The number of hydrogen-bond donors (Lipinski definition) is 1. The van der Waals surface area contributed by atoms with Crippen molar-refractivity contribution in [3.05, 3.63) is 18.2 Å². The molecule has 1 aromatic carbocycles. The zero-order valence-corrected chi connectivity index (χ0v) is 11.8. The molecule has 0 spiro atoms. The van der Waals surface area contributed by atoms with Gasteiger partial charge in [0, 0.05) is 13.1 Å². The summed E-state index contributed by atoms with van der Waals surface area (Å²) in [5.41, 5.74) is 8.12. The molecule has 3 heteroatoms. The normalized spacial score (nSPS) is 23.7. The highest BCUT2D eigenvalue weighted by Crippen LogP contribution is 2.36. The first-order valence-corrected chi connectivity index (χ1v) is 6.79. The van der Waals surface area contributed by atoms with Crippen molar-refractivity contribution in [2.75, 3.05) is 23.7 Å². The second-order valence-corrected chi connectivity index (χ2v) is 5.72. The van der Waals surface area contributed by atoms with Crippen LogP contribution in [0.4, 0.5) is 11.4 Å². The molecule has 0 bridgehead atoms. The number of hydrogen-bond acceptors (Lipinski definition) is 3. The van der Waals surface area contributed by atoms with E-state index in [9.17, 15) is 0 Å². The number of nitrogens with two attached hydrogens (primary N) is 1. The van der Waals surface area contributed by atoms with Crippen LogP contribution in [0.2, 0.25) is 0 Å². The molecule has 0 aliphatic carbocycles. The minimum atomic E-state index is 0.152. The zero-order chi connectivity index (χ0) is 13.3. The summed E-state index contributed by atoms with van der Waals surface area (Å²) in [5, 5.41) is 0. The van der Waals surface area contributed by atoms with Gasteiger partial charge in [0.15, 0.2) is 0 Å². The average molecular weight is 248 g/mol. The van der Waals surface area contributed by atoms with E-state index < -0.39 is 0 Å². The molecule has 2 unspecified atom stereocenters. The second kappa shape index (κ2) is 5.09. The lowest BCUT2D eigenvalue weighted by atomic mass is 10.0. The number of nitrogens with zero attached hydrogens (tertiary/aromatic N) is 1. The van der Waals surface area contributed by atoms with Crippen molar-refractivity contribution < 1.29 is 4.74 Å². The van der Waals surface area contributed by atoms with Crippen LogP contribution in [-0.2, 0) is 0 Å². The smallest absolute Gasteiger partial charge is 0.144 e. The Hall–Kier alpha value is -1.38. The van der Waals surface area contributed by atoms with E-state index in [0.29, 0.717) is 0 Å². The Morgan fingerprint density at radius 2 is 1.83 bits per heavy atom. The molecule has 1 aliphatic rings. The van der Waals surface area contributed by atoms with Gasteiger partial charge < -0.3 is 15.4 Å². The molecule has 0 amide bonds. The van der Waals surface area contributed by atoms with Crippen LogP contribution in [0, 0.1) is 11.8 Å². The van der Waals surface area contributed by atoms with Crippen LogP contribution in [0.15, 0.2) is 18.2 Å². The Labute approximate surface area is 110 Å². The van der Waals surface area contributed by atoms with Gasteiger partial charge in [-0.25, -0.2) is 0 Å². The van der Waals surface area contributed by atoms with E-state index in [2.05, 4.69) is 24.8 Å². The highest BCUT2D eigenvalue weighted by molar-refractivity contribution is 5.74. The second-order valence-electron chi connectivity index (χ2n) is 5.72. The lowest BCUT2D eigenvalue weighted by Gasteiger charge is -2.22. The fourth-order valence-corrected chi connectivity index (χ4v) is 2.49. The lowest BCUT2D eigenvalue weighted by molar-refractivity contribution is 0.244. The van der Waals surface area contributed by atoms with E-state index in [1.54, 1.807) is 0 Å². The topological polar surface area (TPSA) is 38.5 Å². The number of rotatable bonds is 3. The van der Waals surface area contributed by atoms with Gasteiger partial charge in [-0.15, -0.1) is 0 Å². The summed E-state index contributed by atoms with van der Waals surface area (Å²) in [6.07, 6.45) is 0.152. The molecule has 1 fully saturated rings. The average Bonchev–Trinajstić information content (AvgIpc) is 2.61. The monoisotopic (exact) mass is 248 g/mol. The van der Waals surface area contributed by atoms with Gasteiger partial charge >= 0.3 is 0 Å². The Morgan fingerprint density at radius 3 is 2.39 bits per heavy atom. The van der Waals surface area contributed by atoms with Crippen LogP contribution in [0.3, 0.4) is 0 Å². The maximum absolute atomic E-state index is 6.24. The van der Waals surface area contributed by atoms with Gasteiger partial charge in [-0.2, -0.15) is 0 Å². The van der Waals surface area contributed by atoms with E-state index >= 15 is 0 Å². The summed E-state index contributed by atoms with van der Waals surface area (Å²) in [6.45, 7) is 10.8. The number of anilines is 2. The molecule has 100 valence electrons. The Bertz CT molecular complexity index is 407. The highest BCUT2D eigenvalue weighted by Gasteiger charge is 2.27. The number of para-hydroxylation sites is 1. The molecule has 1 aliphatic heterocycles. The van der Waals surface area contributed by atoms with Crippen molar-refractivity contribution >= 4 is 11.4 Å². The lowest BCUT2D eigenvalue weighted by Crippen LogP contribution is -2.21. The van der Waals surface area contributed by atoms with Gasteiger partial charge in [-0.05, 0) is 37.8 Å². The predicted octanol–water partition coefficient (Wildman–Crippen LogP) is 3.15. The van der Waals surface area contributed by atoms with Gasteiger partial charge in [0.1, 0.15) is 5.75 Å². The van der Waals surface area contributed by atoms with Crippen molar-refractivity contribution in [2.45, 2.75) is 33.8 Å². The van der Waals surface area contributed by atoms with Crippen LogP contribution in [0.5, 0.6) is 5.75 Å². The molecule has 2 rings (SSSR count). The zero-order valence-electron chi connectivity index (χ0n) is 11.8. The third-order valence-corrected chi connectivity index (χ3v) is 3.73. The number of ether oxygens (including phenoxy) is 1. The summed E-state index contributed by atoms with van der Waals surface area (Å²) in [7, 11) is 0. The summed E-state index contributed by atoms with van der Waals surface area (Å²) < 4.78 is 5.75. The van der Waals surface area contributed by atoms with E-state index in [1.807, 2.05) is 26.0 Å². The SMILES string of the molecule is CC(C)Oc1cccc(N2CC(C)C(C)C2)c1N. The van der Waals surface area contributed by atoms with E-state index in [0.717, 1.165) is 42.0 Å². The van der Waals surface area contributed by atoms with Gasteiger partial charge in [0.05, 0.1) is 17.5 Å². The molecule has 1 heterocycles. The molecule has 18 heavy (non-hydrogen) atoms. The standard InChI is InChI=1S/C15H24N2O/c1-10(2)18-14-7-5-6-13(15(14)16)17-8-11(3)12(4)9-17/h5-7,10-12H,8-9,16H2,1-4H3. The van der Waals surface area contributed by atoms with Gasteiger partial charge in [-0.3, -0.25) is 0 Å². The molecule has 0 aromatic heterocycles. The van der Waals surface area contributed by atoms with Crippen LogP contribution in [0.1, 0.15) is 27.7 Å². The van der Waals surface area contributed by atoms with E-state index in [4.69, 9.17) is 10.5 Å². The third kappa shape index (κ3) is 2.55. The maximum atomic E-state index is 6.24. The van der Waals surface area contributed by atoms with Crippen molar-refractivity contribution in [1.29, 1.82) is 0 Å². The first-order chi connectivity index (χ1) is 8.49. The van der Waals surface area contributed by atoms with Crippen LogP contribution in [-0.4, -0.2) is 19.2 Å². The van der Waals surface area contributed by atoms with Gasteiger partial charge in [0.2, 0.25) is 0 Å². The summed E-state index contributed by atoms with van der Waals surface area (Å²) in [5.74, 6) is 2.24.